The van der Waals surface area contributed by atoms with Crippen molar-refractivity contribution in [2.24, 2.45) is 0 Å². The molecule has 5 nitrogen and oxygen atoms in total. The van der Waals surface area contributed by atoms with Gasteiger partial charge in [-0.05, 0) is 22.9 Å². The Morgan fingerprint density at radius 1 is 1.18 bits per heavy atom. The van der Waals surface area contributed by atoms with Crippen LogP contribution >= 0.6 is 11.8 Å². The number of aromatic nitrogens is 3. The maximum atomic E-state index is 12.7. The van der Waals surface area contributed by atoms with Crippen molar-refractivity contribution >= 4 is 32.4 Å². The highest BCUT2D eigenvalue weighted by atomic mass is 32.2. The van der Waals surface area contributed by atoms with Gasteiger partial charge >= 0.3 is 0 Å². The van der Waals surface area contributed by atoms with Crippen molar-refractivity contribution in [1.82, 2.24) is 14.8 Å². The van der Waals surface area contributed by atoms with Crippen molar-refractivity contribution in [3.63, 3.8) is 0 Å². The maximum absolute atomic E-state index is 12.7. The van der Waals surface area contributed by atoms with Crippen molar-refractivity contribution in [3.8, 4) is 0 Å². The Morgan fingerprint density at radius 2 is 2.00 bits per heavy atom. The Kier molecular flexibility index (Phi) is 3.19. The second-order valence-corrected chi connectivity index (χ2v) is 8.26. The molecule has 1 atom stereocenters. The molecule has 2 heterocycles. The van der Waals surface area contributed by atoms with Crippen LogP contribution in [-0.4, -0.2) is 34.7 Å². The highest BCUT2D eigenvalue weighted by Crippen LogP contribution is 2.32. The largest absolute Gasteiger partial charge is 0.236 e. The van der Waals surface area contributed by atoms with Gasteiger partial charge in [-0.25, -0.2) is 18.1 Å². The highest BCUT2D eigenvalue weighted by Gasteiger charge is 2.30. The van der Waals surface area contributed by atoms with Crippen LogP contribution < -0.4 is 0 Å². The fourth-order valence-corrected chi connectivity index (χ4v) is 5.40. The van der Waals surface area contributed by atoms with Crippen LogP contribution in [-0.2, 0) is 9.84 Å². The molecule has 1 aromatic heterocycles. The average molecular weight is 331 g/mol. The SMILES string of the molecule is O=S(=O)(C[C@H]1CSc2ncnn21)c1ccc2ccccc2c1. The molecule has 0 spiro atoms. The molecular formula is C15H13N3O2S2. The maximum Gasteiger partial charge on any atom is 0.186 e. The second-order valence-electron chi connectivity index (χ2n) is 5.24. The fourth-order valence-electron chi connectivity index (χ4n) is 2.66. The van der Waals surface area contributed by atoms with Crippen molar-refractivity contribution in [2.75, 3.05) is 11.5 Å². The normalized spacial score (nSPS) is 17.7. The number of benzene rings is 2. The predicted octanol–water partition coefficient (Wildman–Crippen LogP) is 2.55. The Hall–Kier alpha value is -1.86. The first kappa shape index (κ1) is 13.8. The summed E-state index contributed by atoms with van der Waals surface area (Å²) in [5.74, 6) is 0.748. The van der Waals surface area contributed by atoms with E-state index in [1.807, 2.05) is 30.3 Å². The number of hydrogen-bond acceptors (Lipinski definition) is 5. The zero-order valence-corrected chi connectivity index (χ0v) is 13.2. The van der Waals surface area contributed by atoms with E-state index in [0.29, 0.717) is 10.6 Å². The molecule has 2 aromatic carbocycles. The summed E-state index contributed by atoms with van der Waals surface area (Å²) in [4.78, 5) is 4.48. The number of sulfone groups is 1. The summed E-state index contributed by atoms with van der Waals surface area (Å²) in [5, 5.41) is 6.89. The van der Waals surface area contributed by atoms with Crippen LogP contribution in [0.4, 0.5) is 0 Å². The molecule has 7 heteroatoms. The van der Waals surface area contributed by atoms with Gasteiger partial charge in [-0.2, -0.15) is 5.10 Å². The van der Waals surface area contributed by atoms with Crippen LogP contribution in [0.1, 0.15) is 6.04 Å². The number of nitrogens with zero attached hydrogens (tertiary/aromatic N) is 3. The van der Waals surface area contributed by atoms with E-state index in [4.69, 9.17) is 0 Å². The van der Waals surface area contributed by atoms with Crippen LogP contribution in [0.15, 0.2) is 58.8 Å². The summed E-state index contributed by atoms with van der Waals surface area (Å²) in [6.45, 7) is 0. The van der Waals surface area contributed by atoms with Crippen LogP contribution in [0.25, 0.3) is 10.8 Å². The highest BCUT2D eigenvalue weighted by molar-refractivity contribution is 7.99. The Balaban J connectivity index is 1.68. The minimum atomic E-state index is -3.36. The van der Waals surface area contributed by atoms with Gasteiger partial charge in [-0.15, -0.1) is 0 Å². The van der Waals surface area contributed by atoms with Crippen LogP contribution in [0.2, 0.25) is 0 Å². The molecule has 1 aliphatic heterocycles. The van der Waals surface area contributed by atoms with E-state index in [2.05, 4.69) is 10.1 Å². The van der Waals surface area contributed by atoms with Gasteiger partial charge in [0.25, 0.3) is 0 Å². The lowest BCUT2D eigenvalue weighted by molar-refractivity contribution is 0.504. The van der Waals surface area contributed by atoms with Gasteiger partial charge in [0.2, 0.25) is 0 Å². The minimum Gasteiger partial charge on any atom is -0.236 e. The zero-order valence-electron chi connectivity index (χ0n) is 11.6. The van der Waals surface area contributed by atoms with Gasteiger partial charge in [-0.3, -0.25) is 0 Å². The smallest absolute Gasteiger partial charge is 0.186 e. The van der Waals surface area contributed by atoms with E-state index in [-0.39, 0.29) is 11.8 Å². The molecule has 1 aliphatic rings. The predicted molar refractivity (Wildman–Crippen MR) is 85.8 cm³/mol. The summed E-state index contributed by atoms with van der Waals surface area (Å²) in [5.41, 5.74) is 0. The lowest BCUT2D eigenvalue weighted by Crippen LogP contribution is -2.20. The topological polar surface area (TPSA) is 64.8 Å². The van der Waals surface area contributed by atoms with E-state index >= 15 is 0 Å². The molecule has 4 rings (SSSR count). The molecule has 0 aliphatic carbocycles. The van der Waals surface area contributed by atoms with Gasteiger partial charge in [0.15, 0.2) is 15.0 Å². The van der Waals surface area contributed by atoms with E-state index in [9.17, 15) is 8.42 Å². The van der Waals surface area contributed by atoms with Crippen LogP contribution in [0.3, 0.4) is 0 Å². The summed E-state index contributed by atoms with van der Waals surface area (Å²) in [6, 6.07) is 12.9. The summed E-state index contributed by atoms with van der Waals surface area (Å²) in [7, 11) is -3.36. The van der Waals surface area contributed by atoms with E-state index in [1.54, 1.807) is 28.6 Å². The third kappa shape index (κ3) is 2.30. The number of rotatable bonds is 3. The fraction of sp³-hybridized carbons (Fsp3) is 0.200. The molecular weight excluding hydrogens is 318 g/mol. The summed E-state index contributed by atoms with van der Waals surface area (Å²) < 4.78 is 27.1. The monoisotopic (exact) mass is 331 g/mol. The zero-order chi connectivity index (χ0) is 15.2. The van der Waals surface area contributed by atoms with Gasteiger partial charge in [0.05, 0.1) is 16.7 Å². The summed E-state index contributed by atoms with van der Waals surface area (Å²) in [6.07, 6.45) is 1.47. The minimum absolute atomic E-state index is 0.0503. The van der Waals surface area contributed by atoms with Crippen molar-refractivity contribution < 1.29 is 8.42 Å². The van der Waals surface area contributed by atoms with Gasteiger partial charge in [0, 0.05) is 5.75 Å². The number of hydrogen-bond donors (Lipinski definition) is 0. The molecule has 0 N–H and O–H groups in total. The molecule has 0 bridgehead atoms. The second kappa shape index (κ2) is 5.10. The standard InChI is InChI=1S/C15H13N3O2S2/c19-22(20,9-13-8-21-15-16-10-17-18(13)15)14-6-5-11-3-1-2-4-12(11)7-14/h1-7,10,13H,8-9H2/t13-/m1/s1. The van der Waals surface area contributed by atoms with Gasteiger partial charge in [0.1, 0.15) is 6.33 Å². The summed E-state index contributed by atoms with van der Waals surface area (Å²) >= 11 is 1.55. The van der Waals surface area contributed by atoms with Crippen molar-refractivity contribution in [2.45, 2.75) is 16.1 Å². The molecule has 0 saturated heterocycles. The van der Waals surface area contributed by atoms with E-state index < -0.39 is 9.84 Å². The third-order valence-corrected chi connectivity index (χ3v) is 6.68. The molecule has 112 valence electrons. The van der Waals surface area contributed by atoms with Crippen molar-refractivity contribution in [1.29, 1.82) is 0 Å². The average Bonchev–Trinajstić information content (AvgIpc) is 3.12. The number of fused-ring (bicyclic) bond motifs is 2. The Labute approximate surface area is 132 Å². The molecule has 0 unspecified atom stereocenters. The Bertz CT molecular complexity index is 950. The first-order valence-electron chi connectivity index (χ1n) is 6.87. The van der Waals surface area contributed by atoms with Crippen molar-refractivity contribution in [3.05, 3.63) is 48.8 Å². The lowest BCUT2D eigenvalue weighted by Gasteiger charge is -2.12. The third-order valence-electron chi connectivity index (χ3n) is 3.78. The first-order valence-corrected chi connectivity index (χ1v) is 9.51. The molecule has 0 saturated carbocycles. The lowest BCUT2D eigenvalue weighted by atomic mass is 10.1. The van der Waals surface area contributed by atoms with Gasteiger partial charge < -0.3 is 0 Å². The van der Waals surface area contributed by atoms with E-state index in [1.165, 1.54) is 6.33 Å². The first-order chi connectivity index (χ1) is 10.6. The number of thioether (sulfide) groups is 1. The van der Waals surface area contributed by atoms with Crippen LogP contribution in [0.5, 0.6) is 0 Å². The molecule has 0 radical (unpaired) electrons. The quantitative estimate of drug-likeness (QED) is 0.738. The van der Waals surface area contributed by atoms with Crippen LogP contribution in [0, 0.1) is 0 Å². The molecule has 0 amide bonds. The molecule has 3 aromatic rings. The molecule has 0 fully saturated rings. The molecule has 22 heavy (non-hydrogen) atoms. The van der Waals surface area contributed by atoms with E-state index in [0.717, 1.165) is 15.9 Å². The van der Waals surface area contributed by atoms with Gasteiger partial charge in [-0.1, -0.05) is 42.1 Å². The Morgan fingerprint density at radius 3 is 2.86 bits per heavy atom.